The molecule has 1 fully saturated rings. The SMILES string of the molecule is O=C(CCN1CCCCCC1)c1cc2c(cc1Cl)OCCO2. The highest BCUT2D eigenvalue weighted by atomic mass is 35.5. The Morgan fingerprint density at radius 3 is 2.36 bits per heavy atom. The van der Waals surface area contributed by atoms with Crippen LogP contribution in [0.3, 0.4) is 0 Å². The molecule has 0 aliphatic carbocycles. The largest absolute Gasteiger partial charge is 0.486 e. The average Bonchev–Trinajstić information content (AvgIpc) is 2.80. The lowest BCUT2D eigenvalue weighted by Gasteiger charge is -2.21. The third kappa shape index (κ3) is 3.73. The van der Waals surface area contributed by atoms with Gasteiger partial charge >= 0.3 is 0 Å². The van der Waals surface area contributed by atoms with Crippen molar-refractivity contribution in [2.75, 3.05) is 32.8 Å². The highest BCUT2D eigenvalue weighted by Gasteiger charge is 2.19. The van der Waals surface area contributed by atoms with Gasteiger partial charge in [-0.1, -0.05) is 24.4 Å². The Hall–Kier alpha value is -1.26. The molecule has 5 heteroatoms. The van der Waals surface area contributed by atoms with Crippen LogP contribution in [0.1, 0.15) is 42.5 Å². The van der Waals surface area contributed by atoms with Gasteiger partial charge in [0, 0.05) is 24.6 Å². The second-order valence-electron chi connectivity index (χ2n) is 5.90. The summed E-state index contributed by atoms with van der Waals surface area (Å²) in [5.74, 6) is 1.32. The van der Waals surface area contributed by atoms with E-state index in [2.05, 4.69) is 4.90 Å². The Morgan fingerprint density at radius 1 is 1.05 bits per heavy atom. The van der Waals surface area contributed by atoms with E-state index in [9.17, 15) is 4.79 Å². The molecule has 0 N–H and O–H groups in total. The summed E-state index contributed by atoms with van der Waals surface area (Å²) in [6.45, 7) is 4.04. The van der Waals surface area contributed by atoms with Gasteiger partial charge in [0.25, 0.3) is 0 Å². The number of ketones is 1. The van der Waals surface area contributed by atoms with Gasteiger partial charge in [-0.25, -0.2) is 0 Å². The number of hydrogen-bond donors (Lipinski definition) is 0. The maximum atomic E-state index is 12.5. The predicted octanol–water partition coefficient (Wildman–Crippen LogP) is 3.56. The van der Waals surface area contributed by atoms with E-state index in [4.69, 9.17) is 21.1 Å². The van der Waals surface area contributed by atoms with Gasteiger partial charge in [-0.15, -0.1) is 0 Å². The van der Waals surface area contributed by atoms with Crippen LogP contribution in [-0.2, 0) is 0 Å². The standard InChI is InChI=1S/C17H22ClNO3/c18-14-12-17-16(21-9-10-22-17)11-13(14)15(20)5-8-19-6-3-1-2-4-7-19/h11-12H,1-10H2. The first-order valence-corrected chi connectivity index (χ1v) is 8.46. The third-order valence-corrected chi connectivity index (χ3v) is 4.60. The zero-order chi connectivity index (χ0) is 15.4. The number of rotatable bonds is 4. The summed E-state index contributed by atoms with van der Waals surface area (Å²) in [4.78, 5) is 14.9. The van der Waals surface area contributed by atoms with Crippen LogP contribution in [0.15, 0.2) is 12.1 Å². The molecular formula is C17H22ClNO3. The van der Waals surface area contributed by atoms with Gasteiger partial charge in [-0.3, -0.25) is 4.79 Å². The zero-order valence-corrected chi connectivity index (χ0v) is 13.5. The lowest BCUT2D eigenvalue weighted by Crippen LogP contribution is -2.27. The fraction of sp³-hybridized carbons (Fsp3) is 0.588. The van der Waals surface area contributed by atoms with Crippen LogP contribution >= 0.6 is 11.6 Å². The van der Waals surface area contributed by atoms with Crippen molar-refractivity contribution in [3.8, 4) is 11.5 Å². The second kappa shape index (κ2) is 7.34. The normalized spacial score (nSPS) is 18.8. The van der Waals surface area contributed by atoms with E-state index in [1.807, 2.05) is 0 Å². The quantitative estimate of drug-likeness (QED) is 0.794. The first kappa shape index (κ1) is 15.6. The zero-order valence-electron chi connectivity index (χ0n) is 12.8. The molecule has 2 heterocycles. The number of benzene rings is 1. The molecule has 1 aromatic rings. The third-order valence-electron chi connectivity index (χ3n) is 4.29. The number of nitrogens with zero attached hydrogens (tertiary/aromatic N) is 1. The molecule has 0 amide bonds. The first-order valence-electron chi connectivity index (χ1n) is 8.09. The van der Waals surface area contributed by atoms with Crippen LogP contribution < -0.4 is 9.47 Å². The van der Waals surface area contributed by atoms with Gasteiger partial charge < -0.3 is 14.4 Å². The first-order chi connectivity index (χ1) is 10.7. The summed E-state index contributed by atoms with van der Waals surface area (Å²) < 4.78 is 11.0. The van der Waals surface area contributed by atoms with E-state index in [0.29, 0.717) is 41.7 Å². The van der Waals surface area contributed by atoms with Crippen molar-refractivity contribution < 1.29 is 14.3 Å². The van der Waals surface area contributed by atoms with Crippen LogP contribution in [0.25, 0.3) is 0 Å². The Labute approximate surface area is 136 Å². The van der Waals surface area contributed by atoms with Gasteiger partial charge in [0.2, 0.25) is 0 Å². The topological polar surface area (TPSA) is 38.8 Å². The molecule has 0 radical (unpaired) electrons. The van der Waals surface area contributed by atoms with Crippen LogP contribution in [0.5, 0.6) is 11.5 Å². The minimum atomic E-state index is 0.0752. The molecule has 2 aliphatic heterocycles. The van der Waals surface area contributed by atoms with E-state index in [0.717, 1.165) is 19.6 Å². The molecule has 22 heavy (non-hydrogen) atoms. The van der Waals surface area contributed by atoms with Crippen LogP contribution in [0.4, 0.5) is 0 Å². The van der Waals surface area contributed by atoms with E-state index in [-0.39, 0.29) is 5.78 Å². The van der Waals surface area contributed by atoms with Gasteiger partial charge in [0.1, 0.15) is 13.2 Å². The van der Waals surface area contributed by atoms with Crippen molar-refractivity contribution in [2.45, 2.75) is 32.1 Å². The second-order valence-corrected chi connectivity index (χ2v) is 6.31. The molecule has 2 aliphatic rings. The highest BCUT2D eigenvalue weighted by Crippen LogP contribution is 2.35. The summed E-state index contributed by atoms with van der Waals surface area (Å²) in [6, 6.07) is 3.41. The van der Waals surface area contributed by atoms with E-state index in [1.54, 1.807) is 12.1 Å². The Bertz CT molecular complexity index is 539. The molecular weight excluding hydrogens is 302 g/mol. The maximum absolute atomic E-state index is 12.5. The van der Waals surface area contributed by atoms with Crippen molar-refractivity contribution in [3.05, 3.63) is 22.7 Å². The minimum Gasteiger partial charge on any atom is -0.486 e. The summed E-state index contributed by atoms with van der Waals surface area (Å²) in [6.07, 6.45) is 5.58. The molecule has 0 saturated carbocycles. The lowest BCUT2D eigenvalue weighted by molar-refractivity contribution is 0.0963. The van der Waals surface area contributed by atoms with Gasteiger partial charge in [-0.05, 0) is 32.0 Å². The Morgan fingerprint density at radius 2 is 1.68 bits per heavy atom. The number of ether oxygens (including phenoxy) is 2. The fourth-order valence-electron chi connectivity index (χ4n) is 3.03. The van der Waals surface area contributed by atoms with Crippen molar-refractivity contribution in [2.24, 2.45) is 0 Å². The van der Waals surface area contributed by atoms with Gasteiger partial charge in [-0.2, -0.15) is 0 Å². The average molecular weight is 324 g/mol. The smallest absolute Gasteiger partial charge is 0.165 e. The van der Waals surface area contributed by atoms with Crippen molar-refractivity contribution >= 4 is 17.4 Å². The Balaban J connectivity index is 1.64. The highest BCUT2D eigenvalue weighted by molar-refractivity contribution is 6.34. The monoisotopic (exact) mass is 323 g/mol. The molecule has 120 valence electrons. The molecule has 4 nitrogen and oxygen atoms in total. The molecule has 0 aromatic heterocycles. The minimum absolute atomic E-state index is 0.0752. The molecule has 3 rings (SSSR count). The predicted molar refractivity (Wildman–Crippen MR) is 86.3 cm³/mol. The number of carbonyl (C=O) groups is 1. The molecule has 0 unspecified atom stereocenters. The number of carbonyl (C=O) groups excluding carboxylic acids is 1. The molecule has 0 atom stereocenters. The lowest BCUT2D eigenvalue weighted by atomic mass is 10.1. The summed E-state index contributed by atoms with van der Waals surface area (Å²) in [5.41, 5.74) is 0.542. The summed E-state index contributed by atoms with van der Waals surface area (Å²) in [5, 5.41) is 0.449. The van der Waals surface area contributed by atoms with Crippen molar-refractivity contribution in [3.63, 3.8) is 0 Å². The molecule has 1 saturated heterocycles. The van der Waals surface area contributed by atoms with Crippen LogP contribution in [0.2, 0.25) is 5.02 Å². The number of halogens is 1. The maximum Gasteiger partial charge on any atom is 0.165 e. The van der Waals surface area contributed by atoms with E-state index in [1.165, 1.54) is 25.7 Å². The van der Waals surface area contributed by atoms with Gasteiger partial charge in [0.05, 0.1) is 5.02 Å². The van der Waals surface area contributed by atoms with Crippen molar-refractivity contribution in [1.29, 1.82) is 0 Å². The number of Topliss-reactive ketones (excluding diaryl/α,β-unsaturated/α-hetero) is 1. The van der Waals surface area contributed by atoms with E-state index >= 15 is 0 Å². The van der Waals surface area contributed by atoms with E-state index < -0.39 is 0 Å². The molecule has 0 bridgehead atoms. The fourth-order valence-corrected chi connectivity index (χ4v) is 3.29. The van der Waals surface area contributed by atoms with Gasteiger partial charge in [0.15, 0.2) is 17.3 Å². The van der Waals surface area contributed by atoms with Crippen LogP contribution in [0, 0.1) is 0 Å². The molecule has 1 aromatic carbocycles. The number of likely N-dealkylation sites (tertiary alicyclic amines) is 1. The summed E-state index contributed by atoms with van der Waals surface area (Å²) >= 11 is 6.23. The molecule has 0 spiro atoms. The van der Waals surface area contributed by atoms with Crippen molar-refractivity contribution in [1.82, 2.24) is 4.90 Å². The number of fused-ring (bicyclic) bond motifs is 1. The summed E-state index contributed by atoms with van der Waals surface area (Å²) in [7, 11) is 0. The number of hydrogen-bond acceptors (Lipinski definition) is 4. The van der Waals surface area contributed by atoms with Crippen LogP contribution in [-0.4, -0.2) is 43.5 Å². The Kier molecular flexibility index (Phi) is 5.21.